The smallest absolute Gasteiger partial charge is 0.267 e. The molecule has 6 nitrogen and oxygen atoms in total. The first-order valence-electron chi connectivity index (χ1n) is 9.25. The molecule has 2 aromatic heterocycles. The van der Waals surface area contributed by atoms with E-state index in [2.05, 4.69) is 15.6 Å². The molecular weight excluding hydrogens is 374 g/mol. The van der Waals surface area contributed by atoms with Crippen LogP contribution in [0.5, 0.6) is 0 Å². The van der Waals surface area contributed by atoms with Gasteiger partial charge >= 0.3 is 0 Å². The molecule has 2 heterocycles. The minimum absolute atomic E-state index is 0.0101. The van der Waals surface area contributed by atoms with Gasteiger partial charge in [0.15, 0.2) is 5.78 Å². The van der Waals surface area contributed by atoms with Crippen LogP contribution in [0.15, 0.2) is 47.8 Å². The predicted molar refractivity (Wildman–Crippen MR) is 111 cm³/mol. The highest BCUT2D eigenvalue weighted by Gasteiger charge is 2.13. The Morgan fingerprint density at radius 2 is 1.93 bits per heavy atom. The zero-order valence-corrected chi connectivity index (χ0v) is 16.5. The van der Waals surface area contributed by atoms with E-state index in [4.69, 9.17) is 0 Å². The molecule has 146 valence electrons. The van der Waals surface area contributed by atoms with Crippen LogP contribution >= 0.6 is 11.3 Å². The Morgan fingerprint density at radius 3 is 2.68 bits per heavy atom. The molecular formula is C21H23N3O3S. The highest BCUT2D eigenvalue weighted by atomic mass is 32.1. The third kappa shape index (κ3) is 5.29. The van der Waals surface area contributed by atoms with E-state index < -0.39 is 0 Å². The number of nitrogens with one attached hydrogen (secondary N) is 3. The van der Waals surface area contributed by atoms with Gasteiger partial charge in [0.25, 0.3) is 5.91 Å². The molecule has 0 aliphatic heterocycles. The van der Waals surface area contributed by atoms with Crippen LogP contribution in [0.2, 0.25) is 0 Å². The van der Waals surface area contributed by atoms with E-state index in [1.54, 1.807) is 6.07 Å². The van der Waals surface area contributed by atoms with Crippen molar-refractivity contribution in [3.63, 3.8) is 0 Å². The monoisotopic (exact) mass is 397 g/mol. The number of H-pyrrole nitrogens is 1. The van der Waals surface area contributed by atoms with Gasteiger partial charge in [0.2, 0.25) is 5.91 Å². The molecule has 7 heteroatoms. The molecule has 3 N–H and O–H groups in total. The molecule has 1 unspecified atom stereocenters. The lowest BCUT2D eigenvalue weighted by atomic mass is 10.2. The molecule has 0 saturated carbocycles. The van der Waals surface area contributed by atoms with E-state index in [1.807, 2.05) is 48.7 Å². The molecule has 3 rings (SSSR count). The summed E-state index contributed by atoms with van der Waals surface area (Å²) in [6, 6.07) is 13.0. The number of ketones is 1. The number of hydrogen-bond acceptors (Lipinski definition) is 4. The van der Waals surface area contributed by atoms with Crippen LogP contribution in [0.4, 0.5) is 0 Å². The number of para-hydroxylation sites is 1. The number of Topliss-reactive ketones (excluding diaryl/α,β-unsaturated/α-hetero) is 1. The van der Waals surface area contributed by atoms with Crippen molar-refractivity contribution in [2.75, 3.05) is 6.54 Å². The summed E-state index contributed by atoms with van der Waals surface area (Å²) in [6.07, 6.45) is 0.988. The van der Waals surface area contributed by atoms with Crippen molar-refractivity contribution in [1.29, 1.82) is 0 Å². The number of carbonyl (C=O) groups is 3. The summed E-state index contributed by atoms with van der Waals surface area (Å²) in [4.78, 5) is 39.9. The number of rotatable bonds is 9. The topological polar surface area (TPSA) is 91.1 Å². The summed E-state index contributed by atoms with van der Waals surface area (Å²) in [5.74, 6) is -0.334. The van der Waals surface area contributed by atoms with Crippen molar-refractivity contribution < 1.29 is 14.4 Å². The van der Waals surface area contributed by atoms with Crippen LogP contribution in [-0.4, -0.2) is 35.2 Å². The Morgan fingerprint density at radius 1 is 1.11 bits per heavy atom. The van der Waals surface area contributed by atoms with E-state index in [0.29, 0.717) is 23.5 Å². The number of thiophene rings is 1. The number of hydrogen-bond donors (Lipinski definition) is 3. The SMILES string of the molecule is CC(CCNC(=O)CCC(=O)c1cccs1)NC(=O)c1cc2ccccc2[nH]1. The highest BCUT2D eigenvalue weighted by Crippen LogP contribution is 2.15. The first kappa shape index (κ1) is 19.8. The van der Waals surface area contributed by atoms with Crippen LogP contribution in [0.1, 0.15) is 46.3 Å². The van der Waals surface area contributed by atoms with Gasteiger partial charge in [0, 0.05) is 36.3 Å². The van der Waals surface area contributed by atoms with Crippen molar-refractivity contribution in [3.05, 3.63) is 58.4 Å². The van der Waals surface area contributed by atoms with Crippen LogP contribution < -0.4 is 10.6 Å². The van der Waals surface area contributed by atoms with Crippen LogP contribution in [0.25, 0.3) is 10.9 Å². The van der Waals surface area contributed by atoms with E-state index in [1.165, 1.54) is 11.3 Å². The molecule has 28 heavy (non-hydrogen) atoms. The fourth-order valence-electron chi connectivity index (χ4n) is 2.87. The summed E-state index contributed by atoms with van der Waals surface area (Å²) in [7, 11) is 0. The average molecular weight is 398 g/mol. The maximum Gasteiger partial charge on any atom is 0.267 e. The number of amides is 2. The third-order valence-electron chi connectivity index (χ3n) is 4.43. The molecule has 0 spiro atoms. The second-order valence-electron chi connectivity index (χ2n) is 6.68. The van der Waals surface area contributed by atoms with E-state index in [-0.39, 0.29) is 36.5 Å². The van der Waals surface area contributed by atoms with Crippen LogP contribution in [0.3, 0.4) is 0 Å². The first-order chi connectivity index (χ1) is 13.5. The molecule has 0 fully saturated rings. The van der Waals surface area contributed by atoms with E-state index in [0.717, 1.165) is 10.9 Å². The lowest BCUT2D eigenvalue weighted by Gasteiger charge is -2.13. The molecule has 3 aromatic rings. The molecule has 0 saturated heterocycles. The summed E-state index contributed by atoms with van der Waals surface area (Å²) < 4.78 is 0. The van der Waals surface area contributed by atoms with Crippen LogP contribution in [0, 0.1) is 0 Å². The molecule has 0 aliphatic rings. The first-order valence-corrected chi connectivity index (χ1v) is 10.1. The summed E-state index contributed by atoms with van der Waals surface area (Å²) in [6.45, 7) is 2.34. The molecule has 0 aliphatic carbocycles. The maximum atomic E-state index is 12.3. The minimum atomic E-state index is -0.170. The Balaban J connectivity index is 1.36. The summed E-state index contributed by atoms with van der Waals surface area (Å²) in [5, 5.41) is 8.56. The van der Waals surface area contributed by atoms with Crippen molar-refractivity contribution in [1.82, 2.24) is 15.6 Å². The van der Waals surface area contributed by atoms with Gasteiger partial charge in [-0.3, -0.25) is 14.4 Å². The number of benzene rings is 1. The van der Waals surface area contributed by atoms with Gasteiger partial charge in [0.1, 0.15) is 5.69 Å². The predicted octanol–water partition coefficient (Wildman–Crippen LogP) is 3.52. The largest absolute Gasteiger partial charge is 0.356 e. The number of aromatic nitrogens is 1. The average Bonchev–Trinajstić information content (AvgIpc) is 3.35. The van der Waals surface area contributed by atoms with Gasteiger partial charge < -0.3 is 15.6 Å². The van der Waals surface area contributed by atoms with Crippen molar-refractivity contribution in [2.24, 2.45) is 0 Å². The Bertz CT molecular complexity index is 929. The van der Waals surface area contributed by atoms with Gasteiger partial charge in [-0.05, 0) is 36.9 Å². The van der Waals surface area contributed by atoms with Crippen LogP contribution in [-0.2, 0) is 4.79 Å². The summed E-state index contributed by atoms with van der Waals surface area (Å²) in [5.41, 5.74) is 1.44. The molecule has 2 amide bonds. The maximum absolute atomic E-state index is 12.3. The lowest BCUT2D eigenvalue weighted by molar-refractivity contribution is -0.121. The fraction of sp³-hybridized carbons (Fsp3) is 0.286. The fourth-order valence-corrected chi connectivity index (χ4v) is 3.57. The van der Waals surface area contributed by atoms with Crippen molar-refractivity contribution >= 4 is 39.8 Å². The zero-order valence-electron chi connectivity index (χ0n) is 15.7. The van der Waals surface area contributed by atoms with Gasteiger partial charge in [-0.1, -0.05) is 24.3 Å². The normalized spacial score (nSPS) is 11.9. The van der Waals surface area contributed by atoms with Crippen molar-refractivity contribution in [3.8, 4) is 0 Å². The lowest BCUT2D eigenvalue weighted by Crippen LogP contribution is -2.36. The van der Waals surface area contributed by atoms with Gasteiger partial charge in [-0.15, -0.1) is 11.3 Å². The highest BCUT2D eigenvalue weighted by molar-refractivity contribution is 7.12. The molecule has 1 atom stereocenters. The van der Waals surface area contributed by atoms with Gasteiger partial charge in [-0.2, -0.15) is 0 Å². The zero-order chi connectivity index (χ0) is 19.9. The Kier molecular flexibility index (Phi) is 6.60. The molecule has 1 aromatic carbocycles. The quantitative estimate of drug-likeness (QED) is 0.483. The second-order valence-corrected chi connectivity index (χ2v) is 7.63. The Labute approximate surface area is 167 Å². The molecule has 0 bridgehead atoms. The van der Waals surface area contributed by atoms with E-state index >= 15 is 0 Å². The van der Waals surface area contributed by atoms with E-state index in [9.17, 15) is 14.4 Å². The number of fused-ring (bicyclic) bond motifs is 1. The summed E-state index contributed by atoms with van der Waals surface area (Å²) >= 11 is 1.39. The number of carbonyl (C=O) groups excluding carboxylic acids is 3. The minimum Gasteiger partial charge on any atom is -0.356 e. The van der Waals surface area contributed by atoms with Gasteiger partial charge in [0.05, 0.1) is 4.88 Å². The van der Waals surface area contributed by atoms with Crippen molar-refractivity contribution in [2.45, 2.75) is 32.2 Å². The Hall–Kier alpha value is -2.93. The second kappa shape index (κ2) is 9.32. The third-order valence-corrected chi connectivity index (χ3v) is 5.34. The number of aromatic amines is 1. The van der Waals surface area contributed by atoms with Gasteiger partial charge in [-0.25, -0.2) is 0 Å². The standard InChI is InChI=1S/C21H23N3O3S/c1-14(23-21(27)17-13-15-5-2-3-6-16(15)24-17)10-11-22-20(26)9-8-18(25)19-7-4-12-28-19/h2-7,12-14,24H,8-11H2,1H3,(H,22,26)(H,23,27). The molecule has 0 radical (unpaired) electrons.